The van der Waals surface area contributed by atoms with Crippen LogP contribution in [0.2, 0.25) is 44.2 Å². The molecule has 0 atom stereocenters. The minimum atomic E-state index is 0.278. The van der Waals surface area contributed by atoms with Crippen LogP contribution in [0.15, 0.2) is 0 Å². The highest BCUT2D eigenvalue weighted by Crippen LogP contribution is 2.38. The van der Waals surface area contributed by atoms with Gasteiger partial charge in [0.1, 0.15) is 0 Å². The Bertz CT molecular complexity index is 929. The van der Waals surface area contributed by atoms with Crippen LogP contribution >= 0.6 is 0 Å². The van der Waals surface area contributed by atoms with Crippen LogP contribution in [0.4, 0.5) is 0 Å². The molecule has 3 heterocycles. The highest BCUT2D eigenvalue weighted by Gasteiger charge is 2.64. The molecule has 0 aliphatic carbocycles. The first-order valence-corrected chi connectivity index (χ1v) is 25.0. The van der Waals surface area contributed by atoms with Gasteiger partial charge in [-0.05, 0) is 123 Å². The molecule has 0 bridgehead atoms. The summed E-state index contributed by atoms with van der Waals surface area (Å²) in [5, 5.41) is 0. The average Bonchev–Trinajstić information content (AvgIpc) is 3.18. The van der Waals surface area contributed by atoms with Gasteiger partial charge >= 0.3 is 14.2 Å². The first-order valence-electron chi connectivity index (χ1n) is 25.0. The van der Waals surface area contributed by atoms with Gasteiger partial charge in [0.2, 0.25) is 0 Å². The van der Waals surface area contributed by atoms with Crippen LogP contribution in [0.1, 0.15) is 160 Å². The monoisotopic (exact) mass is 772 g/mol. The normalized spacial score (nSPS) is 20.4. The zero-order chi connectivity index (χ0) is 41.4. The summed E-state index contributed by atoms with van der Waals surface area (Å²) < 4.78 is 27.3. The van der Waals surface area contributed by atoms with Crippen LogP contribution in [-0.4, -0.2) is 152 Å². The summed E-state index contributed by atoms with van der Waals surface area (Å²) in [6.45, 7) is 38.1. The lowest BCUT2D eigenvalue weighted by atomic mass is 9.29. The second kappa shape index (κ2) is 26.5. The molecule has 18 heteroatoms. The summed E-state index contributed by atoms with van der Waals surface area (Å²) in [6, 6.07) is 0. The van der Waals surface area contributed by atoms with E-state index < -0.39 is 0 Å². The van der Waals surface area contributed by atoms with Gasteiger partial charge in [-0.15, -0.1) is 0 Å². The fourth-order valence-electron chi connectivity index (χ4n) is 11.6. The maximum atomic E-state index is 3.22. The van der Waals surface area contributed by atoms with Crippen molar-refractivity contribution in [3.05, 3.63) is 0 Å². The van der Waals surface area contributed by atoms with Gasteiger partial charge < -0.3 is 42.3 Å². The summed E-state index contributed by atoms with van der Waals surface area (Å²) >= 11 is 0. The molecule has 0 unspecified atom stereocenters. The van der Waals surface area contributed by atoms with E-state index in [-0.39, 0.29) is 14.2 Å². The van der Waals surface area contributed by atoms with Crippen molar-refractivity contribution in [3.8, 4) is 0 Å². The Kier molecular flexibility index (Phi) is 24.0. The Morgan fingerprint density at radius 2 is 0.464 bits per heavy atom. The zero-order valence-corrected chi connectivity index (χ0v) is 40.2. The molecule has 3 fully saturated rings. The molecule has 0 N–H and O–H groups in total. The molecule has 0 saturated carbocycles. The van der Waals surface area contributed by atoms with Crippen molar-refractivity contribution in [3.63, 3.8) is 0 Å². The molecule has 3 aliphatic heterocycles. The Balaban J connectivity index is 2.53. The van der Waals surface area contributed by atoms with Crippen molar-refractivity contribution in [2.45, 2.75) is 204 Å². The van der Waals surface area contributed by atoms with Crippen LogP contribution in [0, 0.1) is 0 Å². The molecule has 3 aliphatic rings. The van der Waals surface area contributed by atoms with Crippen LogP contribution < -0.4 is 0 Å². The highest BCUT2D eigenvalue weighted by atomic mass is 15.5. The topological polar surface area (TPSA) is 29.2 Å². The second-order valence-corrected chi connectivity index (χ2v) is 18.0. The Labute approximate surface area is 355 Å². The number of hydrogen-bond donors (Lipinski definition) is 0. The number of rotatable bonds is 26. The summed E-state index contributed by atoms with van der Waals surface area (Å²) in [6.07, 6.45) is 23.1. The third kappa shape index (κ3) is 11.4. The molecule has 3 rings (SSSR count). The third-order valence-corrected chi connectivity index (χ3v) is 13.5. The predicted molar refractivity (Wildman–Crippen MR) is 262 cm³/mol. The van der Waals surface area contributed by atoms with Gasteiger partial charge in [-0.2, -0.15) is 0 Å². The highest BCUT2D eigenvalue weighted by molar-refractivity contribution is 7.03. The third-order valence-electron chi connectivity index (χ3n) is 13.5. The van der Waals surface area contributed by atoms with Gasteiger partial charge in [0.25, 0.3) is 48.9 Å². The molecule has 56 heavy (non-hydrogen) atoms. The van der Waals surface area contributed by atoms with E-state index in [1.165, 1.54) is 121 Å². The Hall–Kier alpha value is 0.224. The zero-order valence-electron chi connectivity index (χ0n) is 40.2. The van der Waals surface area contributed by atoms with Crippen molar-refractivity contribution < 1.29 is 0 Å². The molecule has 0 aromatic rings. The maximum absolute atomic E-state index is 3.22. The lowest BCUT2D eigenvalue weighted by Gasteiger charge is -2.66. The van der Waals surface area contributed by atoms with E-state index in [4.69, 9.17) is 0 Å². The van der Waals surface area contributed by atoms with E-state index >= 15 is 0 Å². The van der Waals surface area contributed by atoms with Crippen LogP contribution in [0.5, 0.6) is 0 Å². The fourth-order valence-corrected chi connectivity index (χ4v) is 11.6. The second-order valence-electron chi connectivity index (χ2n) is 18.0. The number of hydrogen-bond acceptors (Lipinski definition) is 9. The van der Waals surface area contributed by atoms with Crippen molar-refractivity contribution in [2.24, 2.45) is 0 Å². The van der Waals surface area contributed by atoms with Gasteiger partial charge in [0, 0.05) is 0 Å². The quantitative estimate of drug-likeness (QED) is 0.0807. The molecule has 314 valence electrons. The van der Waals surface area contributed by atoms with Crippen molar-refractivity contribution in [1.82, 2.24) is 42.3 Å². The van der Waals surface area contributed by atoms with Crippen LogP contribution in [0.25, 0.3) is 0 Å². The molecule has 0 radical (unpaired) electrons. The van der Waals surface area contributed by atoms with E-state index in [0.717, 1.165) is 32.7 Å². The lowest BCUT2D eigenvalue weighted by Crippen LogP contribution is -2.92. The maximum Gasteiger partial charge on any atom is 0.361 e. The molecule has 0 amide bonds. The van der Waals surface area contributed by atoms with Crippen molar-refractivity contribution >= 4 is 63.1 Å². The predicted octanol–water partition coefficient (Wildman–Crippen LogP) is 8.31. The Morgan fingerprint density at radius 3 is 0.696 bits per heavy atom. The lowest BCUT2D eigenvalue weighted by molar-refractivity contribution is 0.390. The summed E-state index contributed by atoms with van der Waals surface area (Å²) in [5.74, 6) is 0. The largest absolute Gasteiger partial charge is 0.373 e. The minimum absolute atomic E-state index is 0.278. The van der Waals surface area contributed by atoms with E-state index in [0.29, 0.717) is 48.9 Å². The van der Waals surface area contributed by atoms with Gasteiger partial charge in [0.05, 0.1) is 0 Å². The number of nitrogens with zero attached hydrogens (tertiary/aromatic N) is 9. The van der Waals surface area contributed by atoms with E-state index in [1.807, 2.05) is 0 Å². The van der Waals surface area contributed by atoms with Gasteiger partial charge in [-0.1, -0.05) is 128 Å². The van der Waals surface area contributed by atoms with E-state index in [9.17, 15) is 0 Å². The first kappa shape index (κ1) is 50.6. The summed E-state index contributed by atoms with van der Waals surface area (Å²) in [4.78, 5) is 0. The van der Waals surface area contributed by atoms with Crippen molar-refractivity contribution in [2.75, 3.05) is 46.8 Å². The molecule has 9 nitrogen and oxygen atoms in total. The van der Waals surface area contributed by atoms with Crippen molar-refractivity contribution in [1.29, 1.82) is 0 Å². The van der Waals surface area contributed by atoms with Gasteiger partial charge in [-0.25, -0.2) is 0 Å². The van der Waals surface area contributed by atoms with Gasteiger partial charge in [0.15, 0.2) is 0 Å². The van der Waals surface area contributed by atoms with E-state index in [2.05, 4.69) is 139 Å². The van der Waals surface area contributed by atoms with Crippen LogP contribution in [-0.2, 0) is 0 Å². The fraction of sp³-hybridized carbons (Fsp3) is 1.00. The summed E-state index contributed by atoms with van der Waals surface area (Å²) in [7, 11) is 5.51. The van der Waals surface area contributed by atoms with E-state index in [1.54, 1.807) is 0 Å². The minimum Gasteiger partial charge on any atom is -0.373 e. The standard InChI is InChI=1S/C38H90B9N9/c1-15-27-39-48(13)40(28-16-2)52(36-24-10)46(51(39)35-23-9)55-43(31-19-5)50(34-22-8)44(32-20-6)56(45(55)33-21-7)47-53(37-25-11)41(29-17-3)49(14)42(30-18-4)54(47)38-26-12/h15-38H2,1-14H3. The smallest absolute Gasteiger partial charge is 0.361 e. The first-order chi connectivity index (χ1) is 27.2. The SMILES string of the molecule is CCCB1N(C)B(CCC)N(CCC)B(N2B(CCC)N(CCC)B(CCC)N(B3N(CCC)B(CCC)N(C)B(CCC)N3CCC)B2CCC)N1CCC. The van der Waals surface area contributed by atoms with Crippen LogP contribution in [0.3, 0.4) is 0 Å². The van der Waals surface area contributed by atoms with Gasteiger partial charge in [-0.3, -0.25) is 0 Å². The molecule has 0 spiro atoms. The molecule has 0 aromatic heterocycles. The molecular weight excluding hydrogens is 680 g/mol. The Morgan fingerprint density at radius 1 is 0.250 bits per heavy atom. The molecule has 3 saturated heterocycles. The summed E-state index contributed by atoms with van der Waals surface area (Å²) in [5.41, 5.74) is 0. The average molecular weight is 771 g/mol. The molecule has 0 aromatic carbocycles. The molecular formula is C38H90B9N9.